The van der Waals surface area contributed by atoms with E-state index in [9.17, 15) is 35.1 Å². The number of amides is 1. The van der Waals surface area contributed by atoms with Crippen LogP contribution in [-0.2, 0) is 23.8 Å². The average Bonchev–Trinajstić information content (AvgIpc) is 3.39. The molecule has 11 nitrogen and oxygen atoms in total. The highest BCUT2D eigenvalue weighted by molar-refractivity contribution is 5.76. The normalized spacial score (nSPS) is 19.4. The Hall–Kier alpha value is -2.64. The number of rotatable bonds is 51. The number of ether oxygens (including phenoxy) is 3. The molecule has 6 N–H and O–H groups in total. The van der Waals surface area contributed by atoms with Gasteiger partial charge in [0.25, 0.3) is 0 Å². The largest absolute Gasteiger partial charge is 0.466 e. The van der Waals surface area contributed by atoms with Gasteiger partial charge in [-0.15, -0.1) is 0 Å². The van der Waals surface area contributed by atoms with Crippen LogP contribution in [0.1, 0.15) is 258 Å². The van der Waals surface area contributed by atoms with Crippen LogP contribution in [0.4, 0.5) is 0 Å². The molecule has 7 unspecified atom stereocenters. The van der Waals surface area contributed by atoms with Gasteiger partial charge in [-0.05, 0) is 84.0 Å². The van der Waals surface area contributed by atoms with Gasteiger partial charge in [-0.1, -0.05) is 222 Å². The Labute approximate surface area is 446 Å². The molecule has 0 aromatic heterocycles. The molecule has 0 aromatic carbocycles. The second-order valence-corrected chi connectivity index (χ2v) is 20.7. The summed E-state index contributed by atoms with van der Waals surface area (Å²) >= 11 is 0. The summed E-state index contributed by atoms with van der Waals surface area (Å²) in [6.07, 6.45) is 56.4. The van der Waals surface area contributed by atoms with E-state index in [0.29, 0.717) is 25.9 Å². The molecule has 11 heteroatoms. The third-order valence-corrected chi connectivity index (χ3v) is 14.0. The van der Waals surface area contributed by atoms with Crippen LogP contribution in [0.3, 0.4) is 0 Å². The van der Waals surface area contributed by atoms with E-state index in [2.05, 4.69) is 54.8 Å². The van der Waals surface area contributed by atoms with E-state index in [1.165, 1.54) is 135 Å². The summed E-state index contributed by atoms with van der Waals surface area (Å²) in [4.78, 5) is 25.1. The zero-order valence-corrected chi connectivity index (χ0v) is 46.6. The molecule has 0 aliphatic carbocycles. The van der Waals surface area contributed by atoms with E-state index in [4.69, 9.17) is 14.2 Å². The molecular formula is C62H111NO10. The molecule has 0 bridgehead atoms. The topological polar surface area (TPSA) is 175 Å². The molecule has 73 heavy (non-hydrogen) atoms. The number of aliphatic hydroxyl groups is 5. The van der Waals surface area contributed by atoms with Gasteiger partial charge >= 0.3 is 5.97 Å². The molecule has 0 spiro atoms. The molecule has 0 saturated carbocycles. The lowest BCUT2D eigenvalue weighted by molar-refractivity contribution is -0.302. The van der Waals surface area contributed by atoms with Crippen LogP contribution in [0.5, 0.6) is 0 Å². The van der Waals surface area contributed by atoms with E-state index in [1.54, 1.807) is 6.08 Å². The van der Waals surface area contributed by atoms with Crippen molar-refractivity contribution in [1.29, 1.82) is 0 Å². The summed E-state index contributed by atoms with van der Waals surface area (Å²) in [5, 5.41) is 54.1. The minimum absolute atomic E-state index is 0.0262. The summed E-state index contributed by atoms with van der Waals surface area (Å²) in [6.45, 7) is 4.04. The van der Waals surface area contributed by atoms with E-state index in [0.717, 1.165) is 89.9 Å². The smallest absolute Gasteiger partial charge is 0.305 e. The molecule has 424 valence electrons. The maximum atomic E-state index is 13.0. The highest BCUT2D eigenvalue weighted by atomic mass is 16.7. The Bertz CT molecular complexity index is 1400. The van der Waals surface area contributed by atoms with Crippen LogP contribution < -0.4 is 5.32 Å². The average molecular weight is 1030 g/mol. The predicted octanol–water partition coefficient (Wildman–Crippen LogP) is 13.8. The van der Waals surface area contributed by atoms with Crippen LogP contribution >= 0.6 is 0 Å². The number of hydrogen-bond donors (Lipinski definition) is 6. The number of aliphatic hydroxyl groups excluding tert-OH is 5. The van der Waals surface area contributed by atoms with Gasteiger partial charge in [-0.2, -0.15) is 0 Å². The Balaban J connectivity index is 2.04. The minimum atomic E-state index is -1.58. The van der Waals surface area contributed by atoms with Crippen LogP contribution in [0, 0.1) is 0 Å². The standard InChI is InChI=1S/C62H111NO10/c1-3-5-7-9-11-13-14-15-16-20-24-27-30-34-38-42-46-50-58(67)71-51-47-43-39-35-31-28-25-22-19-17-18-21-23-26-29-33-37-41-45-49-57(66)63-54(55(65)48-44-40-36-32-12-10-8-6-4-2)53-72-62-61(70)60(69)59(68)56(52-64)73-62/h4,6,12,22,25,28,31-32,44,48,54-56,59-62,64-65,68-70H,3,5,7-11,13-21,23-24,26-27,29-30,33-43,45-47,49-53H2,1-2H3,(H,63,66)/b6-4+,25-22-,31-28-,32-12+,48-44+. The first-order valence-corrected chi connectivity index (χ1v) is 30.0. The fraction of sp³-hybridized carbons (Fsp3) is 0.806. The van der Waals surface area contributed by atoms with E-state index in [-0.39, 0.29) is 18.5 Å². The quantitative estimate of drug-likeness (QED) is 0.0149. The number of unbranched alkanes of at least 4 members (excludes halogenated alkanes) is 31. The summed E-state index contributed by atoms with van der Waals surface area (Å²) in [7, 11) is 0. The summed E-state index contributed by atoms with van der Waals surface area (Å²) in [6, 6.07) is -0.842. The van der Waals surface area contributed by atoms with Gasteiger partial charge in [0, 0.05) is 12.8 Å². The number of nitrogens with one attached hydrogen (secondary N) is 1. The Morgan fingerprint density at radius 3 is 1.49 bits per heavy atom. The molecule has 0 radical (unpaired) electrons. The Morgan fingerprint density at radius 2 is 0.986 bits per heavy atom. The van der Waals surface area contributed by atoms with Crippen molar-refractivity contribution in [2.45, 2.75) is 301 Å². The van der Waals surface area contributed by atoms with Gasteiger partial charge in [0.15, 0.2) is 6.29 Å². The molecule has 1 heterocycles. The van der Waals surface area contributed by atoms with Gasteiger partial charge in [0.1, 0.15) is 24.4 Å². The number of allylic oxidation sites excluding steroid dienone is 9. The highest BCUT2D eigenvalue weighted by Gasteiger charge is 2.44. The second-order valence-electron chi connectivity index (χ2n) is 20.7. The van der Waals surface area contributed by atoms with Crippen molar-refractivity contribution in [2.24, 2.45) is 0 Å². The van der Waals surface area contributed by atoms with Gasteiger partial charge in [0.2, 0.25) is 5.91 Å². The van der Waals surface area contributed by atoms with Gasteiger partial charge in [-0.3, -0.25) is 9.59 Å². The number of hydrogen-bond acceptors (Lipinski definition) is 10. The minimum Gasteiger partial charge on any atom is -0.466 e. The number of carbonyl (C=O) groups excluding carboxylic acids is 2. The maximum Gasteiger partial charge on any atom is 0.305 e. The monoisotopic (exact) mass is 1030 g/mol. The first-order chi connectivity index (χ1) is 35.7. The van der Waals surface area contributed by atoms with Crippen molar-refractivity contribution in [3.63, 3.8) is 0 Å². The SMILES string of the molecule is C/C=C/CC/C=C/CC/C=C/C(O)C(COC1OC(CO)C(O)C(O)C1O)NC(=O)CCCCCCCCCCCC/C=C\C=C/CCCCCOC(=O)CCCCCCCCCCCCCCCCCCC. The summed E-state index contributed by atoms with van der Waals surface area (Å²) in [5.41, 5.74) is 0. The van der Waals surface area contributed by atoms with Crippen molar-refractivity contribution in [3.05, 3.63) is 60.8 Å². The van der Waals surface area contributed by atoms with Crippen LogP contribution in [0.15, 0.2) is 60.8 Å². The van der Waals surface area contributed by atoms with Crippen molar-refractivity contribution in [3.8, 4) is 0 Å². The lowest BCUT2D eigenvalue weighted by Gasteiger charge is -2.40. The molecule has 0 aromatic rings. The molecule has 1 aliphatic heterocycles. The van der Waals surface area contributed by atoms with Crippen LogP contribution in [0.25, 0.3) is 0 Å². The molecule has 1 fully saturated rings. The van der Waals surface area contributed by atoms with Crippen LogP contribution in [0.2, 0.25) is 0 Å². The van der Waals surface area contributed by atoms with Crippen LogP contribution in [-0.4, -0.2) is 100 Å². The third kappa shape index (κ3) is 41.2. The fourth-order valence-electron chi connectivity index (χ4n) is 9.17. The molecule has 1 aliphatic rings. The first kappa shape index (κ1) is 68.4. The molecule has 1 amide bonds. The number of esters is 1. The van der Waals surface area contributed by atoms with E-state index < -0.39 is 49.5 Å². The summed E-state index contributed by atoms with van der Waals surface area (Å²) in [5.74, 6) is -0.237. The maximum absolute atomic E-state index is 13.0. The number of carbonyl (C=O) groups is 2. The van der Waals surface area contributed by atoms with E-state index >= 15 is 0 Å². The first-order valence-electron chi connectivity index (χ1n) is 30.0. The predicted molar refractivity (Wildman–Crippen MR) is 301 cm³/mol. The van der Waals surface area contributed by atoms with Gasteiger partial charge in [-0.25, -0.2) is 0 Å². The van der Waals surface area contributed by atoms with Gasteiger partial charge < -0.3 is 45.1 Å². The van der Waals surface area contributed by atoms with Crippen molar-refractivity contribution < 1.29 is 49.3 Å². The molecule has 1 rings (SSSR count). The zero-order chi connectivity index (χ0) is 53.1. The molecule has 1 saturated heterocycles. The Morgan fingerprint density at radius 1 is 0.534 bits per heavy atom. The van der Waals surface area contributed by atoms with E-state index in [1.807, 2.05) is 19.1 Å². The third-order valence-electron chi connectivity index (χ3n) is 14.0. The zero-order valence-electron chi connectivity index (χ0n) is 46.6. The van der Waals surface area contributed by atoms with Gasteiger partial charge in [0.05, 0.1) is 32.0 Å². The molecular weight excluding hydrogens is 919 g/mol. The Kier molecular flexibility index (Phi) is 48.2. The summed E-state index contributed by atoms with van der Waals surface area (Å²) < 4.78 is 16.6. The van der Waals surface area contributed by atoms with Crippen molar-refractivity contribution in [1.82, 2.24) is 5.32 Å². The van der Waals surface area contributed by atoms with Crippen molar-refractivity contribution >= 4 is 11.9 Å². The fourth-order valence-corrected chi connectivity index (χ4v) is 9.17. The lowest BCUT2D eigenvalue weighted by atomic mass is 9.99. The lowest BCUT2D eigenvalue weighted by Crippen LogP contribution is -2.60. The second kappa shape index (κ2) is 51.5. The highest BCUT2D eigenvalue weighted by Crippen LogP contribution is 2.23. The molecule has 7 atom stereocenters. The van der Waals surface area contributed by atoms with Crippen molar-refractivity contribution in [2.75, 3.05) is 19.8 Å².